The number of nitrogens with zero attached hydrogens (tertiary/aromatic N) is 2. The number of aliphatic carboxylic acids is 1. The number of ether oxygens (including phenoxy) is 3. The smallest absolute Gasteiger partial charge is 0.490 e. The molecule has 2 aromatic carbocycles. The number of carboxylic acid groups (broad SMARTS) is 1. The fraction of sp³-hybridized carbons (Fsp3) is 0.174. The number of amidine groups is 1. The first kappa shape index (κ1) is 23.8. The van der Waals surface area contributed by atoms with Crippen molar-refractivity contribution in [2.45, 2.75) is 11.7 Å². The van der Waals surface area contributed by atoms with E-state index in [9.17, 15) is 17.6 Å². The van der Waals surface area contributed by atoms with Gasteiger partial charge in [-0.2, -0.15) is 17.6 Å². The van der Waals surface area contributed by atoms with E-state index in [-0.39, 0.29) is 12.6 Å². The van der Waals surface area contributed by atoms with Crippen LogP contribution in [0.15, 0.2) is 59.7 Å². The first-order valence-electron chi connectivity index (χ1n) is 9.95. The molecule has 0 bridgehead atoms. The fourth-order valence-electron chi connectivity index (χ4n) is 3.73. The average Bonchev–Trinajstić information content (AvgIpc) is 3.21. The van der Waals surface area contributed by atoms with Gasteiger partial charge in [-0.15, -0.1) is 0 Å². The number of aromatic nitrogens is 1. The number of hydrogen-bond donors (Lipinski definition) is 2. The number of carboxylic acids is 1. The molecule has 3 heterocycles. The molecular weight excluding hydrogens is 474 g/mol. The molecule has 1 unspecified atom stereocenters. The molecule has 1 aromatic heterocycles. The summed E-state index contributed by atoms with van der Waals surface area (Å²) in [6, 6.07) is 14.4. The number of pyridine rings is 1. The Morgan fingerprint density at radius 1 is 1.14 bits per heavy atom. The minimum atomic E-state index is -5.08. The zero-order valence-electron chi connectivity index (χ0n) is 18.0. The quantitative estimate of drug-likeness (QED) is 0.407. The van der Waals surface area contributed by atoms with Crippen LogP contribution in [0.25, 0.3) is 11.1 Å². The highest BCUT2D eigenvalue weighted by Gasteiger charge is 2.47. The van der Waals surface area contributed by atoms with E-state index in [1.54, 1.807) is 31.4 Å². The van der Waals surface area contributed by atoms with E-state index in [0.29, 0.717) is 28.4 Å². The van der Waals surface area contributed by atoms with Gasteiger partial charge >= 0.3 is 12.1 Å². The molecule has 2 aliphatic heterocycles. The molecule has 5 rings (SSSR count). The van der Waals surface area contributed by atoms with Gasteiger partial charge in [0.15, 0.2) is 5.54 Å². The molecule has 0 aliphatic carbocycles. The second kappa shape index (κ2) is 8.78. The molecule has 0 saturated carbocycles. The van der Waals surface area contributed by atoms with Gasteiger partial charge in [-0.3, -0.25) is 0 Å². The van der Waals surface area contributed by atoms with Crippen LogP contribution in [0.3, 0.4) is 0 Å². The summed E-state index contributed by atoms with van der Waals surface area (Å²) in [6.07, 6.45) is -3.67. The first-order valence-corrected chi connectivity index (χ1v) is 9.95. The van der Waals surface area contributed by atoms with E-state index < -0.39 is 23.6 Å². The number of rotatable bonds is 2. The number of carbonyl (C=O) groups is 1. The molecule has 3 N–H and O–H groups in total. The van der Waals surface area contributed by atoms with Gasteiger partial charge in [-0.05, 0) is 48.0 Å². The van der Waals surface area contributed by atoms with Crippen molar-refractivity contribution in [2.75, 3.05) is 13.7 Å². The van der Waals surface area contributed by atoms with Crippen molar-refractivity contribution in [3.05, 3.63) is 71.8 Å². The van der Waals surface area contributed by atoms with E-state index >= 15 is 0 Å². The minimum absolute atomic E-state index is 0.0968. The van der Waals surface area contributed by atoms with Crippen molar-refractivity contribution in [1.29, 1.82) is 0 Å². The highest BCUT2D eigenvalue weighted by Crippen LogP contribution is 2.52. The molecule has 12 heteroatoms. The van der Waals surface area contributed by atoms with Crippen LogP contribution >= 0.6 is 0 Å². The maximum Gasteiger partial charge on any atom is 0.490 e. The maximum atomic E-state index is 14.2. The van der Waals surface area contributed by atoms with Crippen LogP contribution in [0.5, 0.6) is 17.2 Å². The van der Waals surface area contributed by atoms with Crippen LogP contribution in [0.2, 0.25) is 0 Å². The molecule has 1 spiro atoms. The summed E-state index contributed by atoms with van der Waals surface area (Å²) in [6.45, 7) is 0.217. The van der Waals surface area contributed by atoms with Crippen LogP contribution < -0.4 is 15.2 Å². The summed E-state index contributed by atoms with van der Waals surface area (Å²) in [5.74, 6) is -1.36. The van der Waals surface area contributed by atoms with Gasteiger partial charge in [-0.1, -0.05) is 6.07 Å². The molecule has 3 aromatic rings. The molecule has 182 valence electrons. The summed E-state index contributed by atoms with van der Waals surface area (Å²) >= 11 is 0. The van der Waals surface area contributed by atoms with Gasteiger partial charge < -0.3 is 25.1 Å². The fourth-order valence-corrected chi connectivity index (χ4v) is 3.73. The summed E-state index contributed by atoms with van der Waals surface area (Å²) in [7, 11) is 1.60. The van der Waals surface area contributed by atoms with E-state index in [2.05, 4.69) is 9.98 Å². The van der Waals surface area contributed by atoms with Crippen LogP contribution in [-0.2, 0) is 15.1 Å². The van der Waals surface area contributed by atoms with Gasteiger partial charge in [-0.25, -0.2) is 14.8 Å². The number of halogens is 4. The zero-order chi connectivity index (χ0) is 25.4. The van der Waals surface area contributed by atoms with Gasteiger partial charge in [0, 0.05) is 22.9 Å². The van der Waals surface area contributed by atoms with Gasteiger partial charge in [0.2, 0.25) is 5.95 Å². The van der Waals surface area contributed by atoms with Crippen LogP contribution in [0.1, 0.15) is 11.1 Å². The molecule has 8 nitrogen and oxygen atoms in total. The number of benzene rings is 2. The number of alkyl halides is 3. The molecule has 0 radical (unpaired) electrons. The summed E-state index contributed by atoms with van der Waals surface area (Å²) in [5, 5.41) is 7.12. The van der Waals surface area contributed by atoms with Crippen molar-refractivity contribution in [1.82, 2.24) is 4.98 Å². The normalized spacial score (nSPS) is 17.7. The third-order valence-electron chi connectivity index (χ3n) is 5.32. The van der Waals surface area contributed by atoms with Gasteiger partial charge in [0.1, 0.15) is 23.9 Å². The van der Waals surface area contributed by atoms with E-state index in [1.165, 1.54) is 6.20 Å². The Kier molecular flexibility index (Phi) is 5.97. The average molecular weight is 491 g/mol. The Bertz CT molecular complexity index is 1330. The topological polar surface area (TPSA) is 116 Å². The van der Waals surface area contributed by atoms with Crippen molar-refractivity contribution < 1.29 is 41.7 Å². The second-order valence-corrected chi connectivity index (χ2v) is 7.42. The van der Waals surface area contributed by atoms with E-state index in [1.807, 2.05) is 24.3 Å². The zero-order valence-corrected chi connectivity index (χ0v) is 18.0. The van der Waals surface area contributed by atoms with Gasteiger partial charge in [0.05, 0.1) is 7.11 Å². The Morgan fingerprint density at radius 3 is 2.37 bits per heavy atom. The molecule has 2 aliphatic rings. The molecule has 0 fully saturated rings. The predicted molar refractivity (Wildman–Crippen MR) is 115 cm³/mol. The Morgan fingerprint density at radius 2 is 1.80 bits per heavy atom. The summed E-state index contributed by atoms with van der Waals surface area (Å²) in [5.41, 5.74) is 7.58. The third kappa shape index (κ3) is 4.42. The Labute approximate surface area is 195 Å². The summed E-state index contributed by atoms with van der Waals surface area (Å²) in [4.78, 5) is 17.3. The lowest BCUT2D eigenvalue weighted by atomic mass is 9.80. The lowest BCUT2D eigenvalue weighted by Gasteiger charge is -2.33. The van der Waals surface area contributed by atoms with E-state index in [0.717, 1.165) is 11.1 Å². The number of nitrogens with two attached hydrogens (primary N) is 1. The van der Waals surface area contributed by atoms with Crippen LogP contribution in [-0.4, -0.2) is 42.0 Å². The Balaban J connectivity index is 0.000000364. The summed E-state index contributed by atoms with van der Waals surface area (Å²) < 4.78 is 63.0. The lowest BCUT2D eigenvalue weighted by Crippen LogP contribution is -2.31. The van der Waals surface area contributed by atoms with Crippen molar-refractivity contribution >= 4 is 12.0 Å². The molecule has 0 amide bonds. The molecular formula is C23H17F4N3O5. The van der Waals surface area contributed by atoms with Crippen molar-refractivity contribution in [3.8, 4) is 28.4 Å². The van der Waals surface area contributed by atoms with Crippen molar-refractivity contribution in [2.24, 2.45) is 10.7 Å². The highest BCUT2D eigenvalue weighted by molar-refractivity contribution is 5.78. The van der Waals surface area contributed by atoms with Crippen molar-refractivity contribution in [3.63, 3.8) is 0 Å². The molecule has 1 atom stereocenters. The monoisotopic (exact) mass is 491 g/mol. The van der Waals surface area contributed by atoms with Gasteiger partial charge in [0.25, 0.3) is 6.02 Å². The maximum absolute atomic E-state index is 14.2. The molecule has 0 saturated heterocycles. The van der Waals surface area contributed by atoms with E-state index in [4.69, 9.17) is 29.8 Å². The lowest BCUT2D eigenvalue weighted by molar-refractivity contribution is -0.192. The SMILES string of the molecule is COc1ccc2c(c1)C1(COC(N)=N1)c1cc(-c3cccnc3F)ccc1O2.O=C(O)C(F)(F)F. The first-order chi connectivity index (χ1) is 16.5. The molecule has 35 heavy (non-hydrogen) atoms. The number of methoxy groups -OCH3 is 1. The minimum Gasteiger partial charge on any atom is -0.497 e. The second-order valence-electron chi connectivity index (χ2n) is 7.42. The number of aliphatic imine (C=N–C) groups is 1. The Hall–Kier alpha value is -4.35. The third-order valence-corrected chi connectivity index (χ3v) is 5.32. The predicted octanol–water partition coefficient (Wildman–Crippen LogP) is 4.22. The number of hydrogen-bond acceptors (Lipinski definition) is 7. The van der Waals surface area contributed by atoms with Crippen LogP contribution in [0, 0.1) is 5.95 Å². The number of fused-ring (bicyclic) bond motifs is 4. The standard InChI is InChI=1S/C21H16FN3O3.C2HF3O2/c1-26-13-5-7-18-16(10-13)21(11-27-20(23)25-21)15-9-12(4-6-17(15)28-18)14-3-2-8-24-19(14)22;3-2(4,5)1(6)7/h2-10H,11H2,1H3,(H2,23,25);(H,6,7). The van der Waals surface area contributed by atoms with Crippen LogP contribution in [0.4, 0.5) is 17.6 Å². The largest absolute Gasteiger partial charge is 0.497 e. The highest BCUT2D eigenvalue weighted by atomic mass is 19.4.